The molecule has 0 bridgehead atoms. The number of carbonyl (C=O) groups excluding carboxylic acids is 1. The second-order valence-electron chi connectivity index (χ2n) is 14.9. The topological polar surface area (TPSA) is 74.7 Å². The average Bonchev–Trinajstić information content (AvgIpc) is 3.23. The Morgan fingerprint density at radius 2 is 1.68 bits per heavy atom. The minimum Gasteiger partial charge on any atom is -0.393 e. The number of aliphatic hydroxyl groups excluding tert-OH is 1. The van der Waals surface area contributed by atoms with Crippen LogP contribution >= 0.6 is 0 Å². The number of rotatable bonds is 7. The first-order valence-corrected chi connectivity index (χ1v) is 17.5. The lowest BCUT2D eigenvalue weighted by Crippen LogP contribution is -2.57. The number of nitrogens with zero attached hydrogens (tertiary/aromatic N) is 1. The summed E-state index contributed by atoms with van der Waals surface area (Å²) in [5.41, 5.74) is 0.742. The molecule has 1 aromatic rings. The fourth-order valence-corrected chi connectivity index (χ4v) is 11.9. The summed E-state index contributed by atoms with van der Waals surface area (Å²) in [5.74, 6) is 3.64. The lowest BCUT2D eigenvalue weighted by Gasteiger charge is -2.64. The Kier molecular flexibility index (Phi) is 8.05. The van der Waals surface area contributed by atoms with Crippen molar-refractivity contribution in [2.45, 2.75) is 116 Å². The lowest BCUT2D eigenvalue weighted by atomic mass is 9.41. The molecule has 4 aliphatic carbocycles. The molecule has 4 fully saturated rings. The highest BCUT2D eigenvalue weighted by Crippen LogP contribution is 2.72. The van der Waals surface area contributed by atoms with E-state index in [4.69, 9.17) is 0 Å². The molecule has 0 aromatic heterocycles. The monoisotopic (exact) mass is 571 g/mol. The fourth-order valence-electron chi connectivity index (χ4n) is 10.7. The largest absolute Gasteiger partial charge is 0.393 e. The smallest absolute Gasteiger partial charge is 0.266 e. The molecule has 0 radical (unpaired) electrons. The molecule has 0 heterocycles. The van der Waals surface area contributed by atoms with Crippen LogP contribution in [0.15, 0.2) is 35.2 Å². The minimum absolute atomic E-state index is 0.113. The molecule has 4 aliphatic rings. The van der Waals surface area contributed by atoms with Gasteiger partial charge in [0, 0.05) is 13.5 Å². The van der Waals surface area contributed by atoms with Crippen LogP contribution in [0, 0.1) is 51.8 Å². The summed E-state index contributed by atoms with van der Waals surface area (Å²) in [4.78, 5) is 13.3. The molecule has 0 saturated heterocycles. The molecule has 5 rings (SSSR count). The Morgan fingerprint density at radius 3 is 2.35 bits per heavy atom. The number of fused-ring (bicyclic) bond motifs is 5. The molecule has 0 spiro atoms. The molecule has 40 heavy (non-hydrogen) atoms. The molecule has 5 nitrogen and oxygen atoms in total. The second-order valence-corrected chi connectivity index (χ2v) is 16.8. The second kappa shape index (κ2) is 10.7. The van der Waals surface area contributed by atoms with E-state index in [2.05, 4.69) is 34.6 Å². The van der Waals surface area contributed by atoms with Gasteiger partial charge in [0.15, 0.2) is 0 Å². The van der Waals surface area contributed by atoms with Crippen LogP contribution in [0.5, 0.6) is 0 Å². The molecule has 1 aromatic carbocycles. The van der Waals surface area contributed by atoms with Gasteiger partial charge >= 0.3 is 0 Å². The summed E-state index contributed by atoms with van der Waals surface area (Å²) >= 11 is 0. The number of sulfonamides is 1. The van der Waals surface area contributed by atoms with Crippen LogP contribution in [0.1, 0.15) is 105 Å². The van der Waals surface area contributed by atoms with Gasteiger partial charge in [-0.3, -0.25) is 4.79 Å². The van der Waals surface area contributed by atoms with Gasteiger partial charge in [0.1, 0.15) is 0 Å². The van der Waals surface area contributed by atoms with E-state index < -0.39 is 10.0 Å². The van der Waals surface area contributed by atoms with E-state index in [-0.39, 0.29) is 34.2 Å². The van der Waals surface area contributed by atoms with Crippen LogP contribution in [0.25, 0.3) is 0 Å². The van der Waals surface area contributed by atoms with Crippen molar-refractivity contribution in [2.75, 3.05) is 7.05 Å². The first kappa shape index (κ1) is 30.1. The van der Waals surface area contributed by atoms with Gasteiger partial charge in [-0.05, 0) is 122 Å². The summed E-state index contributed by atoms with van der Waals surface area (Å²) < 4.78 is 26.9. The maximum absolute atomic E-state index is 13.1. The molecule has 10 atom stereocenters. The van der Waals surface area contributed by atoms with Crippen LogP contribution in [-0.4, -0.2) is 36.9 Å². The zero-order chi connectivity index (χ0) is 29.1. The Morgan fingerprint density at radius 1 is 1.00 bits per heavy atom. The van der Waals surface area contributed by atoms with Gasteiger partial charge in [-0.15, -0.1) is 0 Å². The van der Waals surface area contributed by atoms with Gasteiger partial charge in [-0.1, -0.05) is 59.2 Å². The quantitative estimate of drug-likeness (QED) is 0.373. The maximum Gasteiger partial charge on any atom is 0.266 e. The molecular weight excluding hydrogens is 518 g/mol. The van der Waals surface area contributed by atoms with Gasteiger partial charge in [-0.25, -0.2) is 12.7 Å². The highest BCUT2D eigenvalue weighted by Gasteiger charge is 2.65. The molecule has 6 heteroatoms. The number of amides is 1. The van der Waals surface area contributed by atoms with Gasteiger partial charge in [0.25, 0.3) is 10.0 Å². The van der Waals surface area contributed by atoms with Crippen LogP contribution in [0.4, 0.5) is 0 Å². The number of hydrogen-bond donors (Lipinski definition) is 1. The number of hydrogen-bond acceptors (Lipinski definition) is 4. The number of carbonyl (C=O) groups is 1. The third kappa shape index (κ3) is 4.58. The molecule has 4 saturated carbocycles. The summed E-state index contributed by atoms with van der Waals surface area (Å²) in [5, 5.41) is 10.6. The Hall–Kier alpha value is -1.40. The van der Waals surface area contributed by atoms with Crippen molar-refractivity contribution in [3.8, 4) is 0 Å². The van der Waals surface area contributed by atoms with Crippen molar-refractivity contribution >= 4 is 15.9 Å². The molecule has 0 aliphatic heterocycles. The van der Waals surface area contributed by atoms with E-state index >= 15 is 0 Å². The summed E-state index contributed by atoms with van der Waals surface area (Å²) in [6.45, 7) is 12.3. The fraction of sp³-hybridized carbons (Fsp3) is 0.794. The Balaban J connectivity index is 1.30. The standard InChI is InChI=1S/C34H53NO4S/c1-7-24-21-27-28(32(3)18-15-25(36)22-30(24)32)16-20-34(5)29(27)17-19-33(34,4)23(2)13-14-31(37)35(6)40(38,39)26-11-9-8-10-12-26/h8-12,23-25,27-30,36H,7,13-22H2,1-6H3/t23-,24+,25-,27-,28+,29+,30+,32-,33-,34+/m1/s1. The van der Waals surface area contributed by atoms with E-state index in [0.29, 0.717) is 29.1 Å². The minimum atomic E-state index is -3.82. The van der Waals surface area contributed by atoms with Crippen LogP contribution in [0.2, 0.25) is 0 Å². The number of benzene rings is 1. The lowest BCUT2D eigenvalue weighted by molar-refractivity contribution is -0.162. The van der Waals surface area contributed by atoms with Crippen LogP contribution in [-0.2, 0) is 14.8 Å². The van der Waals surface area contributed by atoms with E-state index in [0.717, 1.165) is 35.4 Å². The maximum atomic E-state index is 13.1. The molecule has 0 unspecified atom stereocenters. The van der Waals surface area contributed by atoms with Crippen molar-refractivity contribution in [1.82, 2.24) is 4.31 Å². The van der Waals surface area contributed by atoms with Gasteiger partial charge in [0.05, 0.1) is 11.0 Å². The van der Waals surface area contributed by atoms with Gasteiger partial charge in [-0.2, -0.15) is 0 Å². The van der Waals surface area contributed by atoms with E-state index in [9.17, 15) is 18.3 Å². The molecule has 1 amide bonds. The zero-order valence-corrected chi connectivity index (χ0v) is 26.6. The van der Waals surface area contributed by atoms with Crippen molar-refractivity contribution in [3.63, 3.8) is 0 Å². The highest BCUT2D eigenvalue weighted by atomic mass is 32.2. The average molecular weight is 572 g/mol. The predicted molar refractivity (Wildman–Crippen MR) is 160 cm³/mol. The summed E-state index contributed by atoms with van der Waals surface area (Å²) in [6, 6.07) is 8.25. The van der Waals surface area contributed by atoms with E-state index in [1.54, 1.807) is 30.3 Å². The molecular formula is C34H53NO4S. The molecule has 224 valence electrons. The third-order valence-corrected chi connectivity index (χ3v) is 15.4. The first-order chi connectivity index (χ1) is 18.8. The van der Waals surface area contributed by atoms with Gasteiger partial charge < -0.3 is 5.11 Å². The Bertz CT molecular complexity index is 1190. The summed E-state index contributed by atoms with van der Waals surface area (Å²) in [7, 11) is -2.42. The third-order valence-electron chi connectivity index (χ3n) is 13.6. The van der Waals surface area contributed by atoms with Gasteiger partial charge in [0.2, 0.25) is 5.91 Å². The number of aliphatic hydroxyl groups is 1. The SMILES string of the molecule is CC[C@H]1C[C@@H]2[C@H](CC[C@@]3(C)[C@H]2CC[C@]3(C)[C@H](C)CCC(=O)N(C)S(=O)(=O)c2ccccc2)[C@@]2(C)CC[C@@H](O)C[C@@H]12. The van der Waals surface area contributed by atoms with Crippen molar-refractivity contribution < 1.29 is 18.3 Å². The van der Waals surface area contributed by atoms with Crippen molar-refractivity contribution in [2.24, 2.45) is 51.8 Å². The first-order valence-electron chi connectivity index (χ1n) is 16.0. The normalized spacial score (nSPS) is 41.9. The van der Waals surface area contributed by atoms with E-state index in [1.807, 2.05) is 0 Å². The zero-order valence-electron chi connectivity index (χ0n) is 25.7. The Labute approximate surface area is 243 Å². The van der Waals surface area contributed by atoms with Crippen LogP contribution < -0.4 is 0 Å². The molecule has 1 N–H and O–H groups in total. The van der Waals surface area contributed by atoms with Crippen molar-refractivity contribution in [1.29, 1.82) is 0 Å². The van der Waals surface area contributed by atoms with Crippen LogP contribution in [0.3, 0.4) is 0 Å². The van der Waals surface area contributed by atoms with Crippen molar-refractivity contribution in [3.05, 3.63) is 30.3 Å². The van der Waals surface area contributed by atoms with E-state index in [1.165, 1.54) is 52.0 Å². The summed E-state index contributed by atoms with van der Waals surface area (Å²) in [6.07, 6.45) is 11.5. The highest BCUT2D eigenvalue weighted by molar-refractivity contribution is 7.89. The predicted octanol–water partition coefficient (Wildman–Crippen LogP) is 7.30.